The number of rotatable bonds is 7. The Balaban J connectivity index is 2.14. The molecule has 28 heavy (non-hydrogen) atoms. The van der Waals surface area contributed by atoms with Crippen molar-refractivity contribution in [2.75, 3.05) is 26.5 Å². The maximum Gasteiger partial charge on any atom is 0.255 e. The molecule has 6 nitrogen and oxygen atoms in total. The van der Waals surface area contributed by atoms with E-state index >= 15 is 0 Å². The fraction of sp³-hybridized carbons (Fsp3) is 0.273. The van der Waals surface area contributed by atoms with Gasteiger partial charge in [0.15, 0.2) is 11.5 Å². The van der Waals surface area contributed by atoms with Crippen molar-refractivity contribution in [2.24, 2.45) is 0 Å². The summed E-state index contributed by atoms with van der Waals surface area (Å²) in [4.78, 5) is 26.0. The fourth-order valence-electron chi connectivity index (χ4n) is 2.50. The predicted molar refractivity (Wildman–Crippen MR) is 111 cm³/mol. The zero-order valence-corrected chi connectivity index (χ0v) is 16.9. The smallest absolute Gasteiger partial charge is 0.255 e. The van der Waals surface area contributed by atoms with Gasteiger partial charge in [0.05, 0.1) is 24.5 Å². The van der Waals surface area contributed by atoms with Crippen molar-refractivity contribution in [3.8, 4) is 11.5 Å². The van der Waals surface area contributed by atoms with Gasteiger partial charge >= 0.3 is 0 Å². The minimum atomic E-state index is -0.333. The third kappa shape index (κ3) is 5.61. The Morgan fingerprint density at radius 2 is 1.79 bits per heavy atom. The van der Waals surface area contributed by atoms with Gasteiger partial charge in [-0.15, -0.1) is 0 Å². The van der Waals surface area contributed by atoms with Crippen LogP contribution in [0.3, 0.4) is 0 Å². The second-order valence-corrected chi connectivity index (χ2v) is 6.64. The van der Waals surface area contributed by atoms with Gasteiger partial charge < -0.3 is 19.7 Å². The molecule has 1 N–H and O–H groups in total. The monoisotopic (exact) mass is 382 g/mol. The molecule has 0 radical (unpaired) electrons. The zero-order valence-electron chi connectivity index (χ0n) is 16.9. The van der Waals surface area contributed by atoms with Crippen LogP contribution in [0.25, 0.3) is 6.08 Å². The van der Waals surface area contributed by atoms with Gasteiger partial charge in [0.25, 0.3) is 5.91 Å². The van der Waals surface area contributed by atoms with Crippen molar-refractivity contribution in [3.63, 3.8) is 0 Å². The summed E-state index contributed by atoms with van der Waals surface area (Å²) in [5.41, 5.74) is 1.70. The van der Waals surface area contributed by atoms with Crippen molar-refractivity contribution in [2.45, 2.75) is 20.0 Å². The number of methoxy groups -OCH3 is 1. The molecule has 0 unspecified atom stereocenters. The Morgan fingerprint density at radius 3 is 2.43 bits per heavy atom. The van der Waals surface area contributed by atoms with E-state index < -0.39 is 0 Å². The van der Waals surface area contributed by atoms with Crippen molar-refractivity contribution >= 4 is 23.6 Å². The first-order valence-corrected chi connectivity index (χ1v) is 8.96. The quantitative estimate of drug-likeness (QED) is 0.739. The van der Waals surface area contributed by atoms with E-state index in [1.165, 1.54) is 11.0 Å². The third-order valence-corrected chi connectivity index (χ3v) is 3.80. The summed E-state index contributed by atoms with van der Waals surface area (Å²) >= 11 is 0. The van der Waals surface area contributed by atoms with Crippen LogP contribution in [0.5, 0.6) is 11.5 Å². The highest BCUT2D eigenvalue weighted by Gasteiger charge is 2.13. The topological polar surface area (TPSA) is 67.9 Å². The van der Waals surface area contributed by atoms with Gasteiger partial charge in [0, 0.05) is 20.2 Å². The minimum absolute atomic E-state index is 0.0333. The third-order valence-electron chi connectivity index (χ3n) is 3.80. The standard InChI is InChI=1S/C22H26N2O4/c1-15(2)28-19-12-10-16(14-20(19)27-5)11-13-21(25)23-18-9-7-6-8-17(18)22(26)24(3)4/h6-15H,1-5H3,(H,23,25)/b13-11+. The number of nitrogens with one attached hydrogen (secondary N) is 1. The molecule has 0 aromatic heterocycles. The summed E-state index contributed by atoms with van der Waals surface area (Å²) in [6.45, 7) is 3.88. The molecule has 2 rings (SSSR count). The fourth-order valence-corrected chi connectivity index (χ4v) is 2.50. The van der Waals surface area contributed by atoms with Gasteiger partial charge in [-0.25, -0.2) is 0 Å². The average Bonchev–Trinajstić information content (AvgIpc) is 2.66. The summed E-state index contributed by atoms with van der Waals surface area (Å²) in [5, 5.41) is 2.75. The maximum absolute atomic E-state index is 12.3. The second kappa shape index (κ2) is 9.60. The van der Waals surface area contributed by atoms with Crippen LogP contribution in [0.1, 0.15) is 29.8 Å². The lowest BCUT2D eigenvalue weighted by Gasteiger charge is -2.14. The Hall–Kier alpha value is -3.28. The van der Waals surface area contributed by atoms with Crippen LogP contribution in [0.4, 0.5) is 5.69 Å². The highest BCUT2D eigenvalue weighted by Crippen LogP contribution is 2.29. The number of carbonyl (C=O) groups excluding carboxylic acids is 2. The lowest BCUT2D eigenvalue weighted by Crippen LogP contribution is -2.23. The molecule has 6 heteroatoms. The molecule has 148 valence electrons. The Morgan fingerprint density at radius 1 is 1.07 bits per heavy atom. The van der Waals surface area contributed by atoms with E-state index in [9.17, 15) is 9.59 Å². The van der Waals surface area contributed by atoms with Crippen LogP contribution in [-0.4, -0.2) is 44.0 Å². The normalized spacial score (nSPS) is 10.8. The number of amides is 2. The van der Waals surface area contributed by atoms with Crippen LogP contribution >= 0.6 is 0 Å². The molecule has 0 spiro atoms. The molecule has 0 aliphatic heterocycles. The van der Waals surface area contributed by atoms with Gasteiger partial charge in [0.1, 0.15) is 0 Å². The van der Waals surface area contributed by atoms with Crippen molar-refractivity contribution < 1.29 is 19.1 Å². The molecule has 0 bridgehead atoms. The van der Waals surface area contributed by atoms with Crippen LogP contribution < -0.4 is 14.8 Å². The number of ether oxygens (including phenoxy) is 2. The predicted octanol–water partition coefficient (Wildman–Crippen LogP) is 3.84. The Labute approximate surface area is 165 Å². The molecule has 0 aliphatic rings. The van der Waals surface area contributed by atoms with Gasteiger partial charge in [0.2, 0.25) is 5.91 Å². The number of benzene rings is 2. The van der Waals surface area contributed by atoms with Gasteiger partial charge in [-0.1, -0.05) is 18.2 Å². The summed E-state index contributed by atoms with van der Waals surface area (Å²) in [6, 6.07) is 12.4. The molecular formula is C22H26N2O4. The first-order chi connectivity index (χ1) is 13.3. The van der Waals surface area contributed by atoms with Crippen molar-refractivity contribution in [3.05, 3.63) is 59.7 Å². The minimum Gasteiger partial charge on any atom is -0.493 e. The van der Waals surface area contributed by atoms with Gasteiger partial charge in [-0.3, -0.25) is 9.59 Å². The highest BCUT2D eigenvalue weighted by atomic mass is 16.5. The van der Waals surface area contributed by atoms with Crippen LogP contribution in [0.15, 0.2) is 48.5 Å². The van der Waals surface area contributed by atoms with Gasteiger partial charge in [-0.05, 0) is 49.8 Å². The summed E-state index contributed by atoms with van der Waals surface area (Å²) in [5.74, 6) is 0.735. The molecule has 0 saturated carbocycles. The van der Waals surface area contributed by atoms with Crippen LogP contribution in [0.2, 0.25) is 0 Å². The molecule has 2 aromatic rings. The van der Waals surface area contributed by atoms with Crippen molar-refractivity contribution in [1.82, 2.24) is 4.90 Å². The number of anilines is 1. The average molecular weight is 382 g/mol. The zero-order chi connectivity index (χ0) is 20.7. The number of nitrogens with zero attached hydrogens (tertiary/aromatic N) is 1. The number of hydrogen-bond acceptors (Lipinski definition) is 4. The summed E-state index contributed by atoms with van der Waals surface area (Å²) < 4.78 is 11.0. The van der Waals surface area contributed by atoms with E-state index in [0.29, 0.717) is 22.7 Å². The van der Waals surface area contributed by atoms with E-state index in [0.717, 1.165) is 5.56 Å². The SMILES string of the molecule is COc1cc(/C=C/C(=O)Nc2ccccc2C(=O)N(C)C)ccc1OC(C)C. The second-order valence-electron chi connectivity index (χ2n) is 6.64. The summed E-state index contributed by atoms with van der Waals surface area (Å²) in [7, 11) is 4.91. The molecule has 0 heterocycles. The van der Waals surface area contributed by atoms with Crippen molar-refractivity contribution in [1.29, 1.82) is 0 Å². The van der Waals surface area contributed by atoms with E-state index in [1.54, 1.807) is 57.6 Å². The molecule has 0 atom stereocenters. The largest absolute Gasteiger partial charge is 0.493 e. The lowest BCUT2D eigenvalue weighted by molar-refractivity contribution is -0.111. The first-order valence-electron chi connectivity index (χ1n) is 8.96. The number of hydrogen-bond donors (Lipinski definition) is 1. The molecular weight excluding hydrogens is 356 g/mol. The van der Waals surface area contributed by atoms with Gasteiger partial charge in [-0.2, -0.15) is 0 Å². The Kier molecular flexibility index (Phi) is 7.21. The van der Waals surface area contributed by atoms with Crippen LogP contribution in [0, 0.1) is 0 Å². The molecule has 0 aliphatic carbocycles. The molecule has 2 aromatic carbocycles. The highest BCUT2D eigenvalue weighted by molar-refractivity contribution is 6.07. The number of carbonyl (C=O) groups is 2. The lowest BCUT2D eigenvalue weighted by atomic mass is 10.1. The van der Waals surface area contributed by atoms with Crippen LogP contribution in [-0.2, 0) is 4.79 Å². The van der Waals surface area contributed by atoms with E-state index in [2.05, 4.69) is 5.32 Å². The van der Waals surface area contributed by atoms with E-state index in [1.807, 2.05) is 26.0 Å². The Bertz CT molecular complexity index is 873. The maximum atomic E-state index is 12.3. The molecule has 0 saturated heterocycles. The van der Waals surface area contributed by atoms with E-state index in [4.69, 9.17) is 9.47 Å². The van der Waals surface area contributed by atoms with E-state index in [-0.39, 0.29) is 17.9 Å². The number of para-hydroxylation sites is 1. The first kappa shape index (κ1) is 21.0. The molecule has 0 fully saturated rings. The summed E-state index contributed by atoms with van der Waals surface area (Å²) in [6.07, 6.45) is 3.12. The molecule has 2 amide bonds.